The second-order valence-corrected chi connectivity index (χ2v) is 9.49. The molecule has 124 valence electrons. The summed E-state index contributed by atoms with van der Waals surface area (Å²) in [5.41, 5.74) is 1.42. The van der Waals surface area contributed by atoms with E-state index in [9.17, 15) is 0 Å². The van der Waals surface area contributed by atoms with E-state index in [0.717, 1.165) is 28.7 Å². The van der Waals surface area contributed by atoms with Crippen LogP contribution in [0, 0.1) is 0 Å². The van der Waals surface area contributed by atoms with Crippen LogP contribution in [0.4, 0.5) is 0 Å². The molecule has 2 nitrogen and oxygen atoms in total. The van der Waals surface area contributed by atoms with Crippen LogP contribution in [0.5, 0.6) is 11.5 Å². The number of hydrogen-bond donors (Lipinski definition) is 0. The molecule has 0 bridgehead atoms. The standard InChI is InChI=1S/C19H26O2P2/c1-14(22-18-9-5-16(20-3)6-10-18)13-15(2)23-19-11-7-17(21-4)8-12-19/h5-12,14-15,22-23H,13H2,1-4H3. The lowest BCUT2D eigenvalue weighted by atomic mass is 10.3. The average Bonchev–Trinajstić information content (AvgIpc) is 2.56. The Hall–Kier alpha value is -1.10. The Bertz CT molecular complexity index is 528. The lowest BCUT2D eigenvalue weighted by Gasteiger charge is -2.18. The Balaban J connectivity index is 1.82. The predicted octanol–water partition coefficient (Wildman–Crippen LogP) is 4.18. The van der Waals surface area contributed by atoms with Gasteiger partial charge in [0.1, 0.15) is 11.5 Å². The highest BCUT2D eigenvalue weighted by Crippen LogP contribution is 2.30. The highest BCUT2D eigenvalue weighted by Gasteiger charge is 2.10. The Kier molecular flexibility index (Phi) is 7.34. The summed E-state index contributed by atoms with van der Waals surface area (Å²) < 4.78 is 10.4. The summed E-state index contributed by atoms with van der Waals surface area (Å²) in [7, 11) is 5.13. The highest BCUT2D eigenvalue weighted by molar-refractivity contribution is 7.49. The summed E-state index contributed by atoms with van der Waals surface area (Å²) in [6.07, 6.45) is 1.26. The quantitative estimate of drug-likeness (QED) is 0.667. The molecule has 0 radical (unpaired) electrons. The Morgan fingerprint density at radius 1 is 0.696 bits per heavy atom. The molecule has 0 heterocycles. The molecule has 0 aliphatic carbocycles. The van der Waals surface area contributed by atoms with Crippen molar-refractivity contribution in [2.45, 2.75) is 31.6 Å². The third kappa shape index (κ3) is 6.13. The van der Waals surface area contributed by atoms with Gasteiger partial charge in [0.15, 0.2) is 0 Å². The van der Waals surface area contributed by atoms with Crippen LogP contribution in [0.2, 0.25) is 0 Å². The summed E-state index contributed by atoms with van der Waals surface area (Å²) in [5, 5.41) is 2.83. The first-order chi connectivity index (χ1) is 11.1. The molecule has 2 aromatic rings. The molecule has 2 aromatic carbocycles. The molecule has 0 aliphatic heterocycles. The van der Waals surface area contributed by atoms with E-state index < -0.39 is 0 Å². The molecule has 0 aliphatic rings. The van der Waals surface area contributed by atoms with Crippen molar-refractivity contribution >= 4 is 27.8 Å². The van der Waals surface area contributed by atoms with Crippen LogP contribution in [0.15, 0.2) is 48.5 Å². The second-order valence-electron chi connectivity index (χ2n) is 5.78. The van der Waals surface area contributed by atoms with Crippen LogP contribution in [-0.4, -0.2) is 25.5 Å². The first-order valence-electron chi connectivity index (χ1n) is 7.92. The summed E-state index contributed by atoms with van der Waals surface area (Å²) in [6.45, 7) is 4.72. The molecule has 4 heteroatoms. The van der Waals surface area contributed by atoms with Crippen LogP contribution in [0.3, 0.4) is 0 Å². The van der Waals surface area contributed by atoms with E-state index >= 15 is 0 Å². The SMILES string of the molecule is COc1ccc(PC(C)CC(C)Pc2ccc(OC)cc2)cc1. The topological polar surface area (TPSA) is 18.5 Å². The molecule has 2 rings (SSSR count). The van der Waals surface area contributed by atoms with E-state index in [1.165, 1.54) is 17.0 Å². The van der Waals surface area contributed by atoms with Crippen molar-refractivity contribution in [3.05, 3.63) is 48.5 Å². The number of benzene rings is 2. The predicted molar refractivity (Wildman–Crippen MR) is 105 cm³/mol. The molecule has 4 atom stereocenters. The Morgan fingerprint density at radius 2 is 1.04 bits per heavy atom. The maximum absolute atomic E-state index is 5.22. The van der Waals surface area contributed by atoms with E-state index in [0.29, 0.717) is 11.3 Å². The van der Waals surface area contributed by atoms with E-state index in [1.54, 1.807) is 14.2 Å². The van der Waals surface area contributed by atoms with Crippen molar-refractivity contribution in [1.82, 2.24) is 0 Å². The van der Waals surface area contributed by atoms with Crippen LogP contribution >= 0.6 is 17.2 Å². The van der Waals surface area contributed by atoms with Gasteiger partial charge in [-0.05, 0) is 52.6 Å². The van der Waals surface area contributed by atoms with Crippen molar-refractivity contribution in [3.63, 3.8) is 0 Å². The maximum atomic E-state index is 5.22. The minimum absolute atomic E-state index is 0.712. The number of ether oxygens (including phenoxy) is 2. The largest absolute Gasteiger partial charge is 0.497 e. The monoisotopic (exact) mass is 348 g/mol. The Labute approximate surface area is 143 Å². The molecule has 0 spiro atoms. The summed E-state index contributed by atoms with van der Waals surface area (Å²) >= 11 is 0. The molecule has 0 aromatic heterocycles. The van der Waals surface area contributed by atoms with E-state index in [-0.39, 0.29) is 0 Å². The lowest BCUT2D eigenvalue weighted by Crippen LogP contribution is -2.10. The minimum atomic E-state index is 0.712. The number of methoxy groups -OCH3 is 2. The fourth-order valence-electron chi connectivity index (χ4n) is 2.59. The highest BCUT2D eigenvalue weighted by atomic mass is 31.1. The molecule has 0 N–H and O–H groups in total. The minimum Gasteiger partial charge on any atom is -0.497 e. The molecular weight excluding hydrogens is 322 g/mol. The fourth-order valence-corrected chi connectivity index (χ4v) is 5.63. The molecular formula is C19H26O2P2. The molecule has 0 saturated carbocycles. The van der Waals surface area contributed by atoms with Gasteiger partial charge in [-0.3, -0.25) is 0 Å². The number of hydrogen-bond acceptors (Lipinski definition) is 2. The van der Waals surface area contributed by atoms with Gasteiger partial charge in [0.2, 0.25) is 0 Å². The molecule has 0 amide bonds. The smallest absolute Gasteiger partial charge is 0.118 e. The third-order valence-corrected chi connectivity index (χ3v) is 6.50. The molecule has 23 heavy (non-hydrogen) atoms. The van der Waals surface area contributed by atoms with Gasteiger partial charge in [-0.1, -0.05) is 55.3 Å². The zero-order valence-corrected chi connectivity index (χ0v) is 16.3. The first kappa shape index (κ1) is 18.2. The van der Waals surface area contributed by atoms with Crippen LogP contribution in [0.1, 0.15) is 20.3 Å². The van der Waals surface area contributed by atoms with Gasteiger partial charge < -0.3 is 9.47 Å². The lowest BCUT2D eigenvalue weighted by molar-refractivity contribution is 0.415. The zero-order valence-electron chi connectivity index (χ0n) is 14.3. The zero-order chi connectivity index (χ0) is 16.7. The van der Waals surface area contributed by atoms with Gasteiger partial charge in [0.05, 0.1) is 14.2 Å². The normalized spacial score (nSPS) is 14.4. The van der Waals surface area contributed by atoms with E-state index in [1.807, 2.05) is 0 Å². The van der Waals surface area contributed by atoms with Crippen LogP contribution in [-0.2, 0) is 0 Å². The van der Waals surface area contributed by atoms with Crippen LogP contribution in [0.25, 0.3) is 0 Å². The second kappa shape index (κ2) is 9.26. The summed E-state index contributed by atoms with van der Waals surface area (Å²) in [6, 6.07) is 17.0. The van der Waals surface area contributed by atoms with E-state index in [2.05, 4.69) is 62.4 Å². The van der Waals surface area contributed by atoms with Crippen LogP contribution < -0.4 is 20.1 Å². The fraction of sp³-hybridized carbons (Fsp3) is 0.368. The van der Waals surface area contributed by atoms with Gasteiger partial charge in [0, 0.05) is 0 Å². The molecule has 0 fully saturated rings. The Morgan fingerprint density at radius 3 is 1.35 bits per heavy atom. The maximum Gasteiger partial charge on any atom is 0.118 e. The van der Waals surface area contributed by atoms with Crippen molar-refractivity contribution < 1.29 is 9.47 Å². The van der Waals surface area contributed by atoms with Crippen molar-refractivity contribution in [3.8, 4) is 11.5 Å². The summed E-state index contributed by atoms with van der Waals surface area (Å²) in [4.78, 5) is 0. The van der Waals surface area contributed by atoms with Gasteiger partial charge >= 0.3 is 0 Å². The number of rotatable bonds is 8. The molecule has 0 saturated heterocycles. The summed E-state index contributed by atoms with van der Waals surface area (Å²) in [5.74, 6) is 1.86. The third-order valence-electron chi connectivity index (χ3n) is 3.71. The molecule has 4 unspecified atom stereocenters. The van der Waals surface area contributed by atoms with Gasteiger partial charge in [-0.25, -0.2) is 0 Å². The van der Waals surface area contributed by atoms with Crippen molar-refractivity contribution in [2.75, 3.05) is 14.2 Å². The van der Waals surface area contributed by atoms with Gasteiger partial charge in [0.25, 0.3) is 0 Å². The van der Waals surface area contributed by atoms with Gasteiger partial charge in [-0.2, -0.15) is 0 Å². The average molecular weight is 348 g/mol. The van der Waals surface area contributed by atoms with Crippen molar-refractivity contribution in [1.29, 1.82) is 0 Å². The van der Waals surface area contributed by atoms with Gasteiger partial charge in [-0.15, -0.1) is 0 Å². The van der Waals surface area contributed by atoms with Crippen molar-refractivity contribution in [2.24, 2.45) is 0 Å². The first-order valence-corrected chi connectivity index (χ1v) is 10.1. The van der Waals surface area contributed by atoms with E-state index in [4.69, 9.17) is 9.47 Å².